The van der Waals surface area contributed by atoms with Crippen LogP contribution in [0.2, 0.25) is 0 Å². The topological polar surface area (TPSA) is 237 Å². The lowest BCUT2D eigenvalue weighted by Gasteiger charge is -2.21. The molecular weight excluding hydrogens is 1370 g/mol. The number of ether oxygens (including phenoxy) is 4. The predicted molar refractivity (Wildman–Crippen MR) is 432 cm³/mol. The van der Waals surface area contributed by atoms with Crippen LogP contribution in [0.5, 0.6) is 0 Å². The SMILES string of the molecule is CCCCCCCCCCCCCCCCCCCCCCCC(=O)O[C@H](COC(=O)CCCCCCCCCCCCCCCCCCCCC)COP(=O)(O)OC[C@@H](O)COP(=O)(O)OC[C@@H](COC(=O)CCCCCCCCCCCCC)OC(=O)CCCCCCCCCCCCCC(C)C. The Balaban J connectivity index is 5.23. The molecule has 0 saturated heterocycles. The van der Waals surface area contributed by atoms with E-state index in [9.17, 15) is 43.2 Å². The number of carbonyl (C=O) groups excluding carboxylic acids is 4. The van der Waals surface area contributed by atoms with E-state index in [0.717, 1.165) is 95.8 Å². The third-order valence-electron chi connectivity index (χ3n) is 20.3. The summed E-state index contributed by atoms with van der Waals surface area (Å²) in [5.74, 6) is -1.33. The van der Waals surface area contributed by atoms with Crippen LogP contribution < -0.4 is 0 Å². The van der Waals surface area contributed by atoms with Gasteiger partial charge < -0.3 is 33.8 Å². The highest BCUT2D eigenvalue weighted by Crippen LogP contribution is 2.45. The van der Waals surface area contributed by atoms with Gasteiger partial charge in [-0.15, -0.1) is 0 Å². The van der Waals surface area contributed by atoms with E-state index in [2.05, 4.69) is 34.6 Å². The summed E-state index contributed by atoms with van der Waals surface area (Å²) in [6.07, 6.45) is 72.3. The molecule has 0 radical (unpaired) electrons. The molecule has 0 bridgehead atoms. The first-order valence-corrected chi connectivity index (χ1v) is 47.6. The molecule has 0 heterocycles. The number of hydrogen-bond acceptors (Lipinski definition) is 15. The van der Waals surface area contributed by atoms with Crippen LogP contribution in [0.15, 0.2) is 0 Å². The van der Waals surface area contributed by atoms with Crippen LogP contribution in [0.1, 0.15) is 465 Å². The first kappa shape index (κ1) is 103. The molecule has 0 rings (SSSR count). The number of esters is 4. The van der Waals surface area contributed by atoms with Crippen molar-refractivity contribution in [1.82, 2.24) is 0 Å². The van der Waals surface area contributed by atoms with Gasteiger partial charge in [0.1, 0.15) is 19.3 Å². The maximum atomic E-state index is 13.1. The predicted octanol–water partition coefficient (Wildman–Crippen LogP) is 26.4. The fourth-order valence-corrected chi connectivity index (χ4v) is 15.1. The molecule has 2 unspecified atom stereocenters. The zero-order chi connectivity index (χ0) is 76.9. The Hall–Kier alpha value is -1.94. The molecule has 0 aromatic rings. The molecule has 0 spiro atoms. The van der Waals surface area contributed by atoms with Crippen molar-refractivity contribution in [3.63, 3.8) is 0 Å². The van der Waals surface area contributed by atoms with Crippen LogP contribution in [0.4, 0.5) is 0 Å². The van der Waals surface area contributed by atoms with Crippen LogP contribution in [-0.4, -0.2) is 96.7 Å². The Bertz CT molecular complexity index is 2000. The summed E-state index contributed by atoms with van der Waals surface area (Å²) in [6.45, 7) is 7.36. The lowest BCUT2D eigenvalue weighted by atomic mass is 10.0. The highest BCUT2D eigenvalue weighted by molar-refractivity contribution is 7.47. The molecule has 17 nitrogen and oxygen atoms in total. The van der Waals surface area contributed by atoms with E-state index in [-0.39, 0.29) is 25.7 Å². The third kappa shape index (κ3) is 79.9. The summed E-state index contributed by atoms with van der Waals surface area (Å²) >= 11 is 0. The number of aliphatic hydroxyl groups excluding tert-OH is 1. The third-order valence-corrected chi connectivity index (χ3v) is 22.2. The molecule has 624 valence electrons. The minimum absolute atomic E-state index is 0.107. The van der Waals surface area contributed by atoms with E-state index in [1.165, 1.54) is 289 Å². The van der Waals surface area contributed by atoms with Gasteiger partial charge in [0.05, 0.1) is 26.4 Å². The van der Waals surface area contributed by atoms with Crippen molar-refractivity contribution in [2.75, 3.05) is 39.6 Å². The maximum absolute atomic E-state index is 13.1. The van der Waals surface area contributed by atoms with Gasteiger partial charge in [-0.2, -0.15) is 0 Å². The zero-order valence-corrected chi connectivity index (χ0v) is 70.7. The lowest BCUT2D eigenvalue weighted by molar-refractivity contribution is -0.161. The molecule has 0 aliphatic rings. The van der Waals surface area contributed by atoms with Gasteiger partial charge in [-0.05, 0) is 31.6 Å². The van der Waals surface area contributed by atoms with Gasteiger partial charge in [0.15, 0.2) is 12.2 Å². The number of phosphoric acid groups is 2. The van der Waals surface area contributed by atoms with Crippen LogP contribution in [0.25, 0.3) is 0 Å². The lowest BCUT2D eigenvalue weighted by Crippen LogP contribution is -2.30. The second kappa shape index (κ2) is 78.7. The van der Waals surface area contributed by atoms with Crippen molar-refractivity contribution in [1.29, 1.82) is 0 Å². The number of hydrogen-bond donors (Lipinski definition) is 3. The molecular formula is C86H168O17P2. The average Bonchev–Trinajstić information content (AvgIpc) is 0.913. The molecule has 0 aliphatic heterocycles. The van der Waals surface area contributed by atoms with Crippen LogP contribution >= 0.6 is 15.6 Å². The van der Waals surface area contributed by atoms with Crippen LogP contribution in [0, 0.1) is 5.92 Å². The van der Waals surface area contributed by atoms with Gasteiger partial charge in [0.25, 0.3) is 0 Å². The Labute approximate surface area is 645 Å². The number of phosphoric ester groups is 2. The second-order valence-corrected chi connectivity index (χ2v) is 34.3. The van der Waals surface area contributed by atoms with Gasteiger partial charge in [0.2, 0.25) is 0 Å². The van der Waals surface area contributed by atoms with E-state index >= 15 is 0 Å². The Kier molecular flexibility index (Phi) is 77.3. The summed E-state index contributed by atoms with van der Waals surface area (Å²) in [5, 5.41) is 10.7. The van der Waals surface area contributed by atoms with Crippen LogP contribution in [-0.2, 0) is 65.4 Å². The minimum atomic E-state index is -4.97. The fraction of sp³-hybridized carbons (Fsp3) is 0.953. The maximum Gasteiger partial charge on any atom is 0.472 e. The average molecular weight is 1540 g/mol. The fourth-order valence-electron chi connectivity index (χ4n) is 13.5. The quantitative estimate of drug-likeness (QED) is 0.0222. The Morgan fingerprint density at radius 2 is 0.438 bits per heavy atom. The van der Waals surface area contributed by atoms with Crippen molar-refractivity contribution in [2.45, 2.75) is 483 Å². The van der Waals surface area contributed by atoms with E-state index in [1.54, 1.807) is 0 Å². The molecule has 5 atom stereocenters. The van der Waals surface area contributed by atoms with E-state index < -0.39 is 97.5 Å². The van der Waals surface area contributed by atoms with E-state index in [1.807, 2.05) is 0 Å². The Morgan fingerprint density at radius 1 is 0.257 bits per heavy atom. The van der Waals surface area contributed by atoms with E-state index in [0.29, 0.717) is 25.7 Å². The first-order valence-electron chi connectivity index (χ1n) is 44.6. The monoisotopic (exact) mass is 1540 g/mol. The zero-order valence-electron chi connectivity index (χ0n) is 68.9. The van der Waals surface area contributed by atoms with Gasteiger partial charge in [-0.1, -0.05) is 413 Å². The van der Waals surface area contributed by atoms with Crippen molar-refractivity contribution >= 4 is 39.5 Å². The molecule has 0 aromatic carbocycles. The minimum Gasteiger partial charge on any atom is -0.462 e. The van der Waals surface area contributed by atoms with Crippen molar-refractivity contribution in [3.05, 3.63) is 0 Å². The smallest absolute Gasteiger partial charge is 0.462 e. The van der Waals surface area contributed by atoms with Crippen molar-refractivity contribution < 1.29 is 80.2 Å². The molecule has 0 aromatic heterocycles. The molecule has 0 aliphatic carbocycles. The number of rotatable bonds is 86. The second-order valence-electron chi connectivity index (χ2n) is 31.4. The Morgan fingerprint density at radius 3 is 0.648 bits per heavy atom. The molecule has 0 fully saturated rings. The first-order chi connectivity index (χ1) is 51.0. The largest absolute Gasteiger partial charge is 0.472 e. The highest BCUT2D eigenvalue weighted by atomic mass is 31.2. The summed E-state index contributed by atoms with van der Waals surface area (Å²) < 4.78 is 68.9. The normalized spacial score (nSPS) is 13.8. The molecule has 0 saturated carbocycles. The number of unbranched alkanes of at least 4 members (excludes halogenated alkanes) is 58. The molecule has 105 heavy (non-hydrogen) atoms. The van der Waals surface area contributed by atoms with E-state index in [4.69, 9.17) is 37.0 Å². The highest BCUT2D eigenvalue weighted by Gasteiger charge is 2.30. The molecule has 3 N–H and O–H groups in total. The summed E-state index contributed by atoms with van der Waals surface area (Å²) in [7, 11) is -9.93. The number of aliphatic hydroxyl groups is 1. The van der Waals surface area contributed by atoms with Crippen molar-refractivity contribution in [2.24, 2.45) is 5.92 Å². The van der Waals surface area contributed by atoms with Gasteiger partial charge in [-0.3, -0.25) is 37.3 Å². The van der Waals surface area contributed by atoms with Gasteiger partial charge >= 0.3 is 39.5 Å². The summed E-state index contributed by atoms with van der Waals surface area (Å²) in [4.78, 5) is 73.2. The van der Waals surface area contributed by atoms with Gasteiger partial charge in [-0.25, -0.2) is 9.13 Å². The van der Waals surface area contributed by atoms with Crippen molar-refractivity contribution in [3.8, 4) is 0 Å². The molecule has 19 heteroatoms. The molecule has 0 amide bonds. The summed E-state index contributed by atoms with van der Waals surface area (Å²) in [6, 6.07) is 0. The summed E-state index contributed by atoms with van der Waals surface area (Å²) in [5.41, 5.74) is 0. The van der Waals surface area contributed by atoms with Crippen LogP contribution in [0.3, 0.4) is 0 Å². The van der Waals surface area contributed by atoms with Gasteiger partial charge in [0, 0.05) is 25.7 Å². The number of carbonyl (C=O) groups is 4. The standard InChI is InChI=1S/C86H168O17P2/c1-6-9-12-15-18-21-24-26-28-30-32-33-35-37-39-41-46-51-56-61-66-71-85(90)102-82(76-97-84(89)70-65-60-55-50-45-40-38-36-34-31-29-27-25-22-19-16-13-10-7-2)78-101-105(94,95)99-74-80(87)73-98-104(92,93)100-77-81(75-96-83(88)69-64-59-54-49-43-23-20-17-14-11-8-3)103-86(91)72-67-62-57-52-47-42-44-48-53-58-63-68-79(4)5/h79-82,87H,6-78H2,1-5H3,(H,92,93)(H,94,95)/t80-,81+,82+/m0/s1.